The molecule has 4 amide bonds. The van der Waals surface area contributed by atoms with E-state index < -0.39 is 5.92 Å². The van der Waals surface area contributed by atoms with Gasteiger partial charge in [0.1, 0.15) is 6.54 Å². The summed E-state index contributed by atoms with van der Waals surface area (Å²) in [6.45, 7) is 3.23. The minimum atomic E-state index is -0.620. The van der Waals surface area contributed by atoms with Gasteiger partial charge in [0.15, 0.2) is 11.6 Å². The first kappa shape index (κ1) is 19.4. The molecule has 0 radical (unpaired) electrons. The molecule has 4 rings (SSSR count). The maximum absolute atomic E-state index is 13.5. The summed E-state index contributed by atoms with van der Waals surface area (Å²) in [5.41, 5.74) is 1.50. The lowest BCUT2D eigenvalue weighted by Crippen LogP contribution is -2.57. The summed E-state index contributed by atoms with van der Waals surface area (Å²) in [6, 6.07) is 9.58. The van der Waals surface area contributed by atoms with Crippen LogP contribution in [-0.2, 0) is 16.1 Å². The maximum atomic E-state index is 13.5. The first-order valence-electron chi connectivity index (χ1n) is 10.2. The predicted octanol–water partition coefficient (Wildman–Crippen LogP) is 2.04. The number of hydrogen-bond acceptors (Lipinski definition) is 3. The number of hydrogen-bond donors (Lipinski definition) is 0. The lowest BCUT2D eigenvalue weighted by molar-refractivity contribution is -0.491. The Kier molecular flexibility index (Phi) is 4.98. The molecule has 2 saturated heterocycles. The lowest BCUT2D eigenvalue weighted by Gasteiger charge is -2.33. The number of nitrogens with zero attached hydrogens (tertiary/aromatic N) is 4. The van der Waals surface area contributed by atoms with Crippen LogP contribution in [0, 0.1) is 5.92 Å². The van der Waals surface area contributed by atoms with E-state index in [1.165, 1.54) is 11.9 Å². The molecule has 0 aliphatic carbocycles. The molecule has 0 aromatic heterocycles. The minimum Gasteiger partial charge on any atom is -0.333 e. The normalized spacial score (nSPS) is 24.8. The summed E-state index contributed by atoms with van der Waals surface area (Å²) in [4.78, 5) is 43.4. The van der Waals surface area contributed by atoms with Crippen LogP contribution in [0.3, 0.4) is 0 Å². The summed E-state index contributed by atoms with van der Waals surface area (Å²) >= 11 is 0. The summed E-state index contributed by atoms with van der Waals surface area (Å²) in [5.74, 6) is -0.414. The number of benzene rings is 1. The van der Waals surface area contributed by atoms with Crippen LogP contribution in [0.25, 0.3) is 0 Å². The van der Waals surface area contributed by atoms with Gasteiger partial charge in [-0.2, -0.15) is 4.90 Å². The van der Waals surface area contributed by atoms with E-state index in [2.05, 4.69) is 6.92 Å². The van der Waals surface area contributed by atoms with Crippen LogP contribution >= 0.6 is 0 Å². The molecule has 0 N–H and O–H groups in total. The first-order chi connectivity index (χ1) is 13.9. The van der Waals surface area contributed by atoms with Gasteiger partial charge in [-0.3, -0.25) is 9.59 Å². The molecule has 1 aromatic rings. The van der Waals surface area contributed by atoms with E-state index in [-0.39, 0.29) is 23.9 Å². The summed E-state index contributed by atoms with van der Waals surface area (Å²) in [6.07, 6.45) is 4.84. The van der Waals surface area contributed by atoms with Crippen LogP contribution in [0.4, 0.5) is 4.79 Å². The molecule has 7 heteroatoms. The highest BCUT2D eigenvalue weighted by molar-refractivity contribution is 6.19. The third-order valence-corrected chi connectivity index (χ3v) is 6.15. The topological polar surface area (TPSA) is 63.9 Å². The highest BCUT2D eigenvalue weighted by atomic mass is 16.2. The van der Waals surface area contributed by atoms with Crippen LogP contribution in [0.15, 0.2) is 42.1 Å². The van der Waals surface area contributed by atoms with Gasteiger partial charge in [0.05, 0.1) is 7.05 Å². The quantitative estimate of drug-likeness (QED) is 0.736. The van der Waals surface area contributed by atoms with Gasteiger partial charge in [-0.25, -0.2) is 14.3 Å². The minimum absolute atomic E-state index is 0.0636. The molecule has 3 heterocycles. The third-order valence-electron chi connectivity index (χ3n) is 6.15. The highest BCUT2D eigenvalue weighted by Gasteiger charge is 2.52. The molecule has 0 bridgehead atoms. The molecule has 3 aliphatic rings. The van der Waals surface area contributed by atoms with Crippen molar-refractivity contribution in [3.63, 3.8) is 0 Å². The van der Waals surface area contributed by atoms with E-state index in [9.17, 15) is 14.4 Å². The Bertz CT molecular complexity index is 921. The van der Waals surface area contributed by atoms with Crippen LogP contribution < -0.4 is 0 Å². The zero-order valence-corrected chi connectivity index (χ0v) is 17.2. The number of rotatable bonds is 3. The molecule has 1 aromatic carbocycles. The van der Waals surface area contributed by atoms with E-state index in [0.717, 1.165) is 36.3 Å². The van der Waals surface area contributed by atoms with E-state index in [4.69, 9.17) is 0 Å². The molecular weight excluding hydrogens is 368 g/mol. The Labute approximate surface area is 170 Å². The molecule has 152 valence electrons. The SMILES string of the molecule is CC1CCCCN1C(=O)C1=CC2C(=O)N(C)C(=O)N(C)C2=[N+]1Cc1ccccc1. The fourth-order valence-corrected chi connectivity index (χ4v) is 4.48. The van der Waals surface area contributed by atoms with Gasteiger partial charge in [0, 0.05) is 19.6 Å². The molecule has 0 spiro atoms. The van der Waals surface area contributed by atoms with Crippen LogP contribution in [0.1, 0.15) is 31.7 Å². The molecule has 29 heavy (non-hydrogen) atoms. The summed E-state index contributed by atoms with van der Waals surface area (Å²) in [7, 11) is 3.15. The standard InChI is InChI=1S/C22H27N4O3/c1-15-9-7-8-12-25(15)21(28)18-13-17-19(23(2)22(29)24(3)20(17)27)26(18)14-16-10-5-4-6-11-16/h4-6,10-11,13,15,17H,7-9,12,14H2,1-3H3/q+1. The summed E-state index contributed by atoms with van der Waals surface area (Å²) < 4.78 is 1.85. The monoisotopic (exact) mass is 395 g/mol. The fraction of sp³-hybridized carbons (Fsp3) is 0.455. The highest BCUT2D eigenvalue weighted by Crippen LogP contribution is 2.29. The van der Waals surface area contributed by atoms with Crippen molar-refractivity contribution in [3.05, 3.63) is 47.7 Å². The average molecular weight is 395 g/mol. The van der Waals surface area contributed by atoms with Crippen molar-refractivity contribution in [2.45, 2.75) is 38.8 Å². The second kappa shape index (κ2) is 7.46. The number of carbonyl (C=O) groups excluding carboxylic acids is 3. The van der Waals surface area contributed by atoms with Crippen molar-refractivity contribution in [3.8, 4) is 0 Å². The van der Waals surface area contributed by atoms with Gasteiger partial charge in [0.2, 0.25) is 0 Å². The van der Waals surface area contributed by atoms with Gasteiger partial charge in [-0.05, 0) is 37.8 Å². The first-order valence-corrected chi connectivity index (χ1v) is 10.2. The fourth-order valence-electron chi connectivity index (χ4n) is 4.48. The van der Waals surface area contributed by atoms with Crippen LogP contribution in [-0.4, -0.2) is 69.6 Å². The zero-order chi connectivity index (χ0) is 20.7. The number of urea groups is 1. The third kappa shape index (κ3) is 3.24. The van der Waals surface area contributed by atoms with Crippen molar-refractivity contribution < 1.29 is 19.0 Å². The van der Waals surface area contributed by atoms with Gasteiger partial charge < -0.3 is 4.90 Å². The Balaban J connectivity index is 1.78. The second-order valence-corrected chi connectivity index (χ2v) is 8.04. The lowest BCUT2D eigenvalue weighted by atomic mass is 10.0. The Morgan fingerprint density at radius 2 is 1.83 bits per heavy atom. The van der Waals surface area contributed by atoms with Crippen molar-refractivity contribution in [2.75, 3.05) is 20.6 Å². The molecule has 2 fully saturated rings. The van der Waals surface area contributed by atoms with Gasteiger partial charge in [-0.1, -0.05) is 30.3 Å². The van der Waals surface area contributed by atoms with Crippen molar-refractivity contribution in [2.24, 2.45) is 5.92 Å². The van der Waals surface area contributed by atoms with E-state index in [1.807, 2.05) is 39.8 Å². The Morgan fingerprint density at radius 3 is 2.52 bits per heavy atom. The smallest absolute Gasteiger partial charge is 0.333 e. The number of likely N-dealkylation sites (tertiary alicyclic amines) is 1. The molecule has 7 nitrogen and oxygen atoms in total. The second-order valence-electron chi connectivity index (χ2n) is 8.04. The number of piperidine rings is 1. The van der Waals surface area contributed by atoms with E-state index in [1.54, 1.807) is 13.1 Å². The number of amidine groups is 1. The molecule has 2 unspecified atom stereocenters. The predicted molar refractivity (Wildman–Crippen MR) is 108 cm³/mol. The maximum Gasteiger partial charge on any atom is 0.417 e. The Morgan fingerprint density at radius 1 is 1.10 bits per heavy atom. The number of imide groups is 1. The molecule has 0 saturated carbocycles. The van der Waals surface area contributed by atoms with Gasteiger partial charge in [-0.15, -0.1) is 0 Å². The number of fused-ring (bicyclic) bond motifs is 1. The molecule has 2 atom stereocenters. The van der Waals surface area contributed by atoms with Crippen molar-refractivity contribution in [1.29, 1.82) is 0 Å². The van der Waals surface area contributed by atoms with E-state index in [0.29, 0.717) is 18.1 Å². The number of carbonyl (C=O) groups is 3. The van der Waals surface area contributed by atoms with Crippen LogP contribution in [0.2, 0.25) is 0 Å². The van der Waals surface area contributed by atoms with Gasteiger partial charge in [0.25, 0.3) is 17.6 Å². The molecular formula is C22H27N4O3+. The average Bonchev–Trinajstić information content (AvgIpc) is 3.10. The largest absolute Gasteiger partial charge is 0.417 e. The molecule has 3 aliphatic heterocycles. The van der Waals surface area contributed by atoms with Crippen LogP contribution in [0.5, 0.6) is 0 Å². The van der Waals surface area contributed by atoms with Gasteiger partial charge >= 0.3 is 6.03 Å². The zero-order valence-electron chi connectivity index (χ0n) is 17.2. The summed E-state index contributed by atoms with van der Waals surface area (Å²) in [5, 5.41) is 0. The number of amides is 4. The van der Waals surface area contributed by atoms with E-state index >= 15 is 0 Å². The van der Waals surface area contributed by atoms with Crippen molar-refractivity contribution >= 4 is 23.7 Å². The Hall–Kier alpha value is -2.96. The van der Waals surface area contributed by atoms with Crippen molar-refractivity contribution in [1.82, 2.24) is 14.7 Å².